The van der Waals surface area contributed by atoms with E-state index in [-0.39, 0.29) is 18.2 Å². The van der Waals surface area contributed by atoms with Crippen molar-refractivity contribution in [3.8, 4) is 12.3 Å². The lowest BCUT2D eigenvalue weighted by Crippen LogP contribution is -2.41. The average molecular weight is 448 g/mol. The Bertz CT molecular complexity index is 985. The molecule has 30 heavy (non-hydrogen) atoms. The van der Waals surface area contributed by atoms with Gasteiger partial charge in [0.25, 0.3) is 11.8 Å². The number of likely N-dealkylation sites (tertiary alicyclic amines) is 1. The number of nitrogens with zero attached hydrogens (tertiary/aromatic N) is 3. The molecular weight excluding hydrogens is 426 g/mol. The summed E-state index contributed by atoms with van der Waals surface area (Å²) in [5, 5.41) is 3.27. The zero-order valence-electron chi connectivity index (χ0n) is 16.6. The van der Waals surface area contributed by atoms with Crippen LogP contribution in [0.15, 0.2) is 5.38 Å². The molecule has 158 valence electrons. The zero-order chi connectivity index (χ0) is 21.7. The van der Waals surface area contributed by atoms with Crippen molar-refractivity contribution in [1.29, 1.82) is 0 Å². The molecular formula is C19H21N5O4S2. The molecule has 0 aliphatic carbocycles. The highest BCUT2D eigenvalue weighted by molar-refractivity contribution is 7.13. The highest BCUT2D eigenvalue weighted by atomic mass is 32.1. The summed E-state index contributed by atoms with van der Waals surface area (Å²) in [7, 11) is 0. The van der Waals surface area contributed by atoms with Crippen molar-refractivity contribution < 1.29 is 19.1 Å². The number of carbonyl (C=O) groups excluding carboxylic acids is 3. The highest BCUT2D eigenvalue weighted by Crippen LogP contribution is 2.30. The first-order valence-corrected chi connectivity index (χ1v) is 10.9. The third-order valence-electron chi connectivity index (χ3n) is 4.54. The van der Waals surface area contributed by atoms with Crippen molar-refractivity contribution in [2.24, 2.45) is 0 Å². The van der Waals surface area contributed by atoms with Crippen molar-refractivity contribution in [1.82, 2.24) is 25.7 Å². The summed E-state index contributed by atoms with van der Waals surface area (Å²) < 4.78 is 4.94. The molecule has 1 fully saturated rings. The minimum atomic E-state index is -0.486. The summed E-state index contributed by atoms with van der Waals surface area (Å²) in [6.45, 7) is 4.60. The van der Waals surface area contributed by atoms with E-state index >= 15 is 0 Å². The molecule has 0 unspecified atom stereocenters. The van der Waals surface area contributed by atoms with Gasteiger partial charge < -0.3 is 9.64 Å². The Balaban J connectivity index is 1.50. The number of nitrogens with one attached hydrogen (secondary N) is 2. The number of aromatic nitrogens is 2. The van der Waals surface area contributed by atoms with Crippen LogP contribution in [0.5, 0.6) is 0 Å². The van der Waals surface area contributed by atoms with Crippen LogP contribution in [0.1, 0.15) is 54.6 Å². The van der Waals surface area contributed by atoms with Crippen molar-refractivity contribution >= 4 is 40.6 Å². The van der Waals surface area contributed by atoms with Crippen LogP contribution in [0.3, 0.4) is 0 Å². The van der Waals surface area contributed by atoms with Gasteiger partial charge in [-0.25, -0.2) is 14.8 Å². The summed E-state index contributed by atoms with van der Waals surface area (Å²) >= 11 is 2.66. The van der Waals surface area contributed by atoms with Gasteiger partial charge in [-0.15, -0.1) is 29.1 Å². The van der Waals surface area contributed by atoms with E-state index in [2.05, 4.69) is 26.7 Å². The standard InChI is InChI=1S/C19H21N5O4S2/c1-4-9-28-19(27)24-7-5-13(6-8-24)18-21-14(10-29-18)16(25)22-23-17(26)15-11(2)20-12(3)30-15/h1,10,13H,5-9H2,2-3H3,(H,22,25)(H,23,26). The van der Waals surface area contributed by atoms with Crippen LogP contribution in [0.4, 0.5) is 4.79 Å². The fourth-order valence-electron chi connectivity index (χ4n) is 3.06. The molecule has 9 nitrogen and oxygen atoms in total. The van der Waals surface area contributed by atoms with Gasteiger partial charge in [-0.3, -0.25) is 20.4 Å². The van der Waals surface area contributed by atoms with E-state index < -0.39 is 17.9 Å². The largest absolute Gasteiger partial charge is 0.436 e. The smallest absolute Gasteiger partial charge is 0.410 e. The first-order valence-electron chi connectivity index (χ1n) is 9.24. The van der Waals surface area contributed by atoms with E-state index in [1.54, 1.807) is 17.2 Å². The fraction of sp³-hybridized carbons (Fsp3) is 0.421. The summed E-state index contributed by atoms with van der Waals surface area (Å²) in [5.74, 6) is 1.53. The maximum absolute atomic E-state index is 12.3. The van der Waals surface area contributed by atoms with Crippen molar-refractivity contribution in [3.05, 3.63) is 31.7 Å². The number of hydrogen-bond donors (Lipinski definition) is 2. The molecule has 2 N–H and O–H groups in total. The van der Waals surface area contributed by atoms with E-state index in [0.29, 0.717) is 23.7 Å². The maximum atomic E-state index is 12.3. The second-order valence-electron chi connectivity index (χ2n) is 6.65. The SMILES string of the molecule is C#CCOC(=O)N1CCC(c2nc(C(=O)NNC(=O)c3sc(C)nc3C)cs2)CC1. The lowest BCUT2D eigenvalue weighted by Gasteiger charge is -2.30. The molecule has 1 saturated heterocycles. The molecule has 3 amide bonds. The topological polar surface area (TPSA) is 114 Å². The maximum Gasteiger partial charge on any atom is 0.410 e. The summed E-state index contributed by atoms with van der Waals surface area (Å²) in [6.07, 6.45) is 6.13. The Hall–Kier alpha value is -2.97. The van der Waals surface area contributed by atoms with Gasteiger partial charge in [-0.05, 0) is 26.7 Å². The van der Waals surface area contributed by atoms with Gasteiger partial charge in [0.05, 0.1) is 15.7 Å². The number of ether oxygens (including phenoxy) is 1. The zero-order valence-corrected chi connectivity index (χ0v) is 18.2. The third kappa shape index (κ3) is 5.14. The molecule has 1 aliphatic rings. The molecule has 3 heterocycles. The van der Waals surface area contributed by atoms with Crippen LogP contribution in [0, 0.1) is 26.2 Å². The molecule has 1 aliphatic heterocycles. The Labute approximate surface area is 181 Å². The number of terminal acetylenes is 1. The molecule has 0 aromatic carbocycles. The number of carbonyl (C=O) groups is 3. The Morgan fingerprint density at radius 3 is 2.57 bits per heavy atom. The minimum Gasteiger partial charge on any atom is -0.436 e. The molecule has 0 spiro atoms. The summed E-state index contributed by atoms with van der Waals surface area (Å²) in [4.78, 5) is 47.1. The van der Waals surface area contributed by atoms with Gasteiger partial charge in [0.15, 0.2) is 6.61 Å². The summed E-state index contributed by atoms with van der Waals surface area (Å²) in [6, 6.07) is 0. The minimum absolute atomic E-state index is 0.0393. The second kappa shape index (κ2) is 9.69. The second-order valence-corrected chi connectivity index (χ2v) is 8.74. The van der Waals surface area contributed by atoms with Crippen molar-refractivity contribution in [2.45, 2.75) is 32.6 Å². The van der Waals surface area contributed by atoms with E-state index in [9.17, 15) is 14.4 Å². The number of aryl methyl sites for hydroxylation is 2. The number of piperidine rings is 1. The normalized spacial score (nSPS) is 14.1. The van der Waals surface area contributed by atoms with Crippen molar-refractivity contribution in [2.75, 3.05) is 19.7 Å². The number of amides is 3. The van der Waals surface area contributed by atoms with Gasteiger partial charge in [0, 0.05) is 24.4 Å². The fourth-order valence-corrected chi connectivity index (χ4v) is 4.85. The molecule has 11 heteroatoms. The van der Waals surface area contributed by atoms with Crippen LogP contribution < -0.4 is 10.9 Å². The van der Waals surface area contributed by atoms with Gasteiger partial charge >= 0.3 is 6.09 Å². The number of hydrogen-bond acceptors (Lipinski definition) is 8. The Morgan fingerprint density at radius 1 is 1.23 bits per heavy atom. The number of hydrazine groups is 1. The Kier molecular flexibility index (Phi) is 7.02. The highest BCUT2D eigenvalue weighted by Gasteiger charge is 2.27. The molecule has 2 aromatic heterocycles. The average Bonchev–Trinajstić information content (AvgIpc) is 3.36. The Morgan fingerprint density at radius 2 is 1.93 bits per heavy atom. The molecule has 0 saturated carbocycles. The lowest BCUT2D eigenvalue weighted by atomic mass is 9.98. The lowest BCUT2D eigenvalue weighted by molar-refractivity contribution is 0.0845. The van der Waals surface area contributed by atoms with Crippen LogP contribution in [-0.2, 0) is 4.74 Å². The first-order chi connectivity index (χ1) is 14.4. The van der Waals surface area contributed by atoms with Gasteiger partial charge in [0.1, 0.15) is 10.6 Å². The number of thiazole rings is 2. The van der Waals surface area contributed by atoms with Crippen LogP contribution >= 0.6 is 22.7 Å². The first kappa shape index (κ1) is 21.7. The molecule has 2 aromatic rings. The monoisotopic (exact) mass is 447 g/mol. The van der Waals surface area contributed by atoms with Gasteiger partial charge in [0.2, 0.25) is 0 Å². The van der Waals surface area contributed by atoms with E-state index in [1.807, 2.05) is 6.92 Å². The van der Waals surface area contributed by atoms with Crippen LogP contribution in [0.2, 0.25) is 0 Å². The van der Waals surface area contributed by atoms with Crippen LogP contribution in [0.25, 0.3) is 0 Å². The van der Waals surface area contributed by atoms with Gasteiger partial charge in [-0.2, -0.15) is 0 Å². The third-order valence-corrected chi connectivity index (χ3v) is 6.61. The molecule has 0 radical (unpaired) electrons. The van der Waals surface area contributed by atoms with Crippen LogP contribution in [-0.4, -0.2) is 52.5 Å². The molecule has 0 bridgehead atoms. The predicted molar refractivity (Wildman–Crippen MR) is 112 cm³/mol. The van der Waals surface area contributed by atoms with E-state index in [1.165, 1.54) is 22.7 Å². The molecule has 0 atom stereocenters. The van der Waals surface area contributed by atoms with Gasteiger partial charge in [-0.1, -0.05) is 5.92 Å². The van der Waals surface area contributed by atoms with E-state index in [4.69, 9.17) is 11.2 Å². The summed E-state index contributed by atoms with van der Waals surface area (Å²) in [5.41, 5.74) is 5.65. The molecule has 3 rings (SSSR count). The quantitative estimate of drug-likeness (QED) is 0.549. The van der Waals surface area contributed by atoms with E-state index in [0.717, 1.165) is 22.9 Å². The predicted octanol–water partition coefficient (Wildman–Crippen LogP) is 2.24. The number of rotatable bonds is 4. The van der Waals surface area contributed by atoms with Crippen molar-refractivity contribution in [3.63, 3.8) is 0 Å².